The molecule has 0 aromatic heterocycles. The van der Waals surface area contributed by atoms with Crippen molar-refractivity contribution in [2.75, 3.05) is 0 Å². The fourth-order valence-corrected chi connectivity index (χ4v) is 2.02. The van der Waals surface area contributed by atoms with E-state index >= 15 is 0 Å². The van der Waals surface area contributed by atoms with Crippen LogP contribution in [0.5, 0.6) is 0 Å². The molecule has 0 unspecified atom stereocenters. The molecule has 0 aliphatic heterocycles. The first-order valence-electron chi connectivity index (χ1n) is 5.07. The fourth-order valence-electron chi connectivity index (χ4n) is 2.02. The van der Waals surface area contributed by atoms with Crippen molar-refractivity contribution in [3.63, 3.8) is 0 Å². The Morgan fingerprint density at radius 3 is 2.31 bits per heavy atom. The van der Waals surface area contributed by atoms with Gasteiger partial charge in [-0.25, -0.2) is 0 Å². The van der Waals surface area contributed by atoms with Crippen molar-refractivity contribution >= 4 is 5.78 Å². The first-order valence-corrected chi connectivity index (χ1v) is 5.07. The molecule has 16 heavy (non-hydrogen) atoms. The Hall–Kier alpha value is -1.32. The van der Waals surface area contributed by atoms with Crippen molar-refractivity contribution in [2.24, 2.45) is 0 Å². The summed E-state index contributed by atoms with van der Waals surface area (Å²) in [6.45, 7) is 1.66. The standard InChI is InChI=1S/C12H11F3O/c1-7-4-9(12(13,14)15)2-3-11(7)8-5-10(16)6-8/h2-4,8H,5-6H2,1H3. The first-order chi connectivity index (χ1) is 7.38. The second-order valence-electron chi connectivity index (χ2n) is 4.21. The van der Waals surface area contributed by atoms with E-state index in [9.17, 15) is 18.0 Å². The van der Waals surface area contributed by atoms with Gasteiger partial charge in [-0.1, -0.05) is 6.07 Å². The molecule has 1 aliphatic carbocycles. The molecule has 4 heteroatoms. The zero-order valence-corrected chi connectivity index (χ0v) is 8.77. The summed E-state index contributed by atoms with van der Waals surface area (Å²) in [7, 11) is 0. The Labute approximate surface area is 91.3 Å². The summed E-state index contributed by atoms with van der Waals surface area (Å²) in [5, 5.41) is 0. The lowest BCUT2D eigenvalue weighted by molar-refractivity contribution is -0.137. The number of ketones is 1. The molecule has 0 bridgehead atoms. The smallest absolute Gasteiger partial charge is 0.300 e. The van der Waals surface area contributed by atoms with Crippen LogP contribution >= 0.6 is 0 Å². The highest BCUT2D eigenvalue weighted by atomic mass is 19.4. The second-order valence-corrected chi connectivity index (χ2v) is 4.21. The molecule has 1 nitrogen and oxygen atoms in total. The number of aryl methyl sites for hydroxylation is 1. The van der Waals surface area contributed by atoms with Crippen molar-refractivity contribution in [1.29, 1.82) is 0 Å². The van der Waals surface area contributed by atoms with Crippen LogP contribution in [0.2, 0.25) is 0 Å². The molecule has 1 aromatic carbocycles. The lowest BCUT2D eigenvalue weighted by Crippen LogP contribution is -2.22. The van der Waals surface area contributed by atoms with Crippen molar-refractivity contribution < 1.29 is 18.0 Å². The van der Waals surface area contributed by atoms with Crippen LogP contribution in [0.15, 0.2) is 18.2 Å². The van der Waals surface area contributed by atoms with Gasteiger partial charge in [0.15, 0.2) is 0 Å². The third-order valence-electron chi connectivity index (χ3n) is 2.99. The molecule has 0 amide bonds. The summed E-state index contributed by atoms with van der Waals surface area (Å²) >= 11 is 0. The highest BCUT2D eigenvalue weighted by Crippen LogP contribution is 2.37. The summed E-state index contributed by atoms with van der Waals surface area (Å²) < 4.78 is 37.2. The number of hydrogen-bond acceptors (Lipinski definition) is 1. The quantitative estimate of drug-likeness (QED) is 0.719. The molecule has 1 aliphatic rings. The van der Waals surface area contributed by atoms with E-state index in [0.29, 0.717) is 18.4 Å². The number of hydrogen-bond donors (Lipinski definition) is 0. The number of carbonyl (C=O) groups is 1. The van der Waals surface area contributed by atoms with Crippen molar-refractivity contribution in [3.8, 4) is 0 Å². The third kappa shape index (κ3) is 1.96. The van der Waals surface area contributed by atoms with Gasteiger partial charge in [0.05, 0.1) is 5.56 Å². The molecular formula is C12H11F3O. The molecule has 0 spiro atoms. The number of benzene rings is 1. The van der Waals surface area contributed by atoms with Gasteiger partial charge in [-0.3, -0.25) is 4.79 Å². The minimum absolute atomic E-state index is 0.120. The van der Waals surface area contributed by atoms with Gasteiger partial charge in [0.1, 0.15) is 5.78 Å². The molecule has 1 aromatic rings. The molecule has 0 saturated heterocycles. The van der Waals surface area contributed by atoms with Crippen molar-refractivity contribution in [2.45, 2.75) is 31.9 Å². The second kappa shape index (κ2) is 3.61. The molecule has 2 rings (SSSR count). The Morgan fingerprint density at radius 1 is 1.25 bits per heavy atom. The summed E-state index contributed by atoms with van der Waals surface area (Å²) in [6, 6.07) is 3.73. The summed E-state index contributed by atoms with van der Waals surface area (Å²) in [5.41, 5.74) is 0.860. The van der Waals surface area contributed by atoms with E-state index < -0.39 is 11.7 Å². The predicted octanol–water partition coefficient (Wildman–Crippen LogP) is 3.46. The molecular weight excluding hydrogens is 217 g/mol. The molecule has 1 fully saturated rings. The molecule has 0 N–H and O–H groups in total. The van der Waals surface area contributed by atoms with E-state index in [-0.39, 0.29) is 11.7 Å². The lowest BCUT2D eigenvalue weighted by Gasteiger charge is -2.26. The van der Waals surface area contributed by atoms with Crippen molar-refractivity contribution in [1.82, 2.24) is 0 Å². The van der Waals surface area contributed by atoms with Gasteiger partial charge in [0.2, 0.25) is 0 Å². The Bertz CT molecular complexity index is 426. The molecule has 86 valence electrons. The predicted molar refractivity (Wildman–Crippen MR) is 53.2 cm³/mol. The van der Waals surface area contributed by atoms with E-state index in [1.165, 1.54) is 6.07 Å². The highest BCUT2D eigenvalue weighted by molar-refractivity contribution is 5.86. The number of alkyl halides is 3. The maximum atomic E-state index is 12.4. The van der Waals surface area contributed by atoms with Gasteiger partial charge in [-0.15, -0.1) is 0 Å². The van der Waals surface area contributed by atoms with Crippen LogP contribution in [0.1, 0.15) is 35.4 Å². The van der Waals surface area contributed by atoms with E-state index in [1.807, 2.05) is 0 Å². The van der Waals surface area contributed by atoms with E-state index in [1.54, 1.807) is 6.92 Å². The average molecular weight is 228 g/mol. The number of carbonyl (C=O) groups excluding carboxylic acids is 1. The fraction of sp³-hybridized carbons (Fsp3) is 0.417. The van der Waals surface area contributed by atoms with Crippen LogP contribution in [0.25, 0.3) is 0 Å². The molecule has 0 atom stereocenters. The normalized spacial score (nSPS) is 17.4. The minimum atomic E-state index is -4.29. The monoisotopic (exact) mass is 228 g/mol. The number of rotatable bonds is 1. The van der Waals surface area contributed by atoms with Crippen LogP contribution in [0, 0.1) is 6.92 Å². The zero-order valence-electron chi connectivity index (χ0n) is 8.77. The summed E-state index contributed by atoms with van der Waals surface area (Å²) in [5.74, 6) is 0.305. The zero-order chi connectivity index (χ0) is 11.9. The van der Waals surface area contributed by atoms with Crippen LogP contribution in [0.4, 0.5) is 13.2 Å². The van der Waals surface area contributed by atoms with Crippen LogP contribution in [0.3, 0.4) is 0 Å². The maximum absolute atomic E-state index is 12.4. The van der Waals surface area contributed by atoms with Gasteiger partial charge in [0, 0.05) is 12.8 Å². The third-order valence-corrected chi connectivity index (χ3v) is 2.99. The van der Waals surface area contributed by atoms with Gasteiger partial charge < -0.3 is 0 Å². The van der Waals surface area contributed by atoms with Crippen LogP contribution < -0.4 is 0 Å². The van der Waals surface area contributed by atoms with E-state index in [2.05, 4.69) is 0 Å². The average Bonchev–Trinajstić information content (AvgIpc) is 2.12. The largest absolute Gasteiger partial charge is 0.416 e. The lowest BCUT2D eigenvalue weighted by atomic mass is 9.77. The van der Waals surface area contributed by atoms with E-state index in [4.69, 9.17) is 0 Å². The summed E-state index contributed by atoms with van der Waals surface area (Å²) in [6.07, 6.45) is -3.36. The van der Waals surface area contributed by atoms with Crippen LogP contribution in [-0.4, -0.2) is 5.78 Å². The Balaban J connectivity index is 2.27. The van der Waals surface area contributed by atoms with Crippen molar-refractivity contribution in [3.05, 3.63) is 34.9 Å². The van der Waals surface area contributed by atoms with Gasteiger partial charge in [0.25, 0.3) is 0 Å². The van der Waals surface area contributed by atoms with Crippen LogP contribution in [-0.2, 0) is 11.0 Å². The first kappa shape index (κ1) is 11.2. The van der Waals surface area contributed by atoms with Gasteiger partial charge in [-0.05, 0) is 36.1 Å². The van der Waals surface area contributed by atoms with Gasteiger partial charge in [-0.2, -0.15) is 13.2 Å². The molecule has 1 saturated carbocycles. The van der Waals surface area contributed by atoms with E-state index in [0.717, 1.165) is 17.7 Å². The Kier molecular flexibility index (Phi) is 2.52. The number of Topliss-reactive ketones (excluding diaryl/α,β-unsaturated/α-hetero) is 1. The maximum Gasteiger partial charge on any atom is 0.416 e. The van der Waals surface area contributed by atoms with Gasteiger partial charge >= 0.3 is 6.18 Å². The topological polar surface area (TPSA) is 17.1 Å². The highest BCUT2D eigenvalue weighted by Gasteiger charge is 2.33. The minimum Gasteiger partial charge on any atom is -0.300 e. The summed E-state index contributed by atoms with van der Waals surface area (Å²) in [4.78, 5) is 10.8. The Morgan fingerprint density at radius 2 is 1.88 bits per heavy atom. The molecule has 0 heterocycles. The SMILES string of the molecule is Cc1cc(C(F)(F)F)ccc1C1CC(=O)C1. The molecule has 0 radical (unpaired) electrons. The number of halogens is 3.